The van der Waals surface area contributed by atoms with E-state index in [4.69, 9.17) is 0 Å². The number of carbonyl (C=O) groups excluding carboxylic acids is 2. The lowest BCUT2D eigenvalue weighted by Gasteiger charge is -2.36. The first kappa shape index (κ1) is 18.4. The fraction of sp³-hybridized carbons (Fsp3) is 0.529. The maximum atomic E-state index is 12.9. The number of imide groups is 1. The molecule has 3 rings (SSSR count). The molecule has 1 aliphatic heterocycles. The van der Waals surface area contributed by atoms with Crippen LogP contribution in [0.15, 0.2) is 23.1 Å². The molecule has 6 nitrogen and oxygen atoms in total. The number of rotatable bonds is 4. The van der Waals surface area contributed by atoms with Gasteiger partial charge in [-0.3, -0.25) is 14.5 Å². The maximum Gasteiger partial charge on any atom is 0.289 e. The summed E-state index contributed by atoms with van der Waals surface area (Å²) in [4.78, 5) is 25.6. The predicted octanol–water partition coefficient (Wildman–Crippen LogP) is 2.59. The van der Waals surface area contributed by atoms with Crippen molar-refractivity contribution in [3.8, 4) is 0 Å². The third-order valence-electron chi connectivity index (χ3n) is 4.79. The van der Waals surface area contributed by atoms with Crippen LogP contribution in [-0.2, 0) is 14.8 Å². The van der Waals surface area contributed by atoms with Crippen molar-refractivity contribution in [1.82, 2.24) is 9.62 Å². The molecule has 2 amide bonds. The van der Waals surface area contributed by atoms with Crippen molar-refractivity contribution in [2.75, 3.05) is 5.75 Å². The first-order valence-electron chi connectivity index (χ1n) is 8.38. The minimum Gasteiger partial charge on any atom is -0.273 e. The van der Waals surface area contributed by atoms with Gasteiger partial charge in [0.1, 0.15) is 0 Å². The Morgan fingerprint density at radius 1 is 1.16 bits per heavy atom. The zero-order valence-electron chi connectivity index (χ0n) is 14.3. The van der Waals surface area contributed by atoms with Crippen LogP contribution in [0.4, 0.5) is 4.79 Å². The van der Waals surface area contributed by atoms with Crippen molar-refractivity contribution in [1.29, 1.82) is 0 Å². The Morgan fingerprint density at radius 2 is 1.88 bits per heavy atom. The normalized spacial score (nSPS) is 24.8. The summed E-state index contributed by atoms with van der Waals surface area (Å²) in [7, 11) is -3.72. The van der Waals surface area contributed by atoms with Crippen LogP contribution >= 0.6 is 11.8 Å². The minimum atomic E-state index is -3.72. The molecule has 25 heavy (non-hydrogen) atoms. The standard InChI is InChI=1S/C17H22N2O4S2/c1-11-7-8-12(2)15(9-11)25(22,23)18-13-5-3-4-6-14(13)19-16(20)10-24-17(19)21/h7-9,13-14,18H,3-6,10H2,1-2H3/t13-,14-/m1/s1. The molecule has 1 heterocycles. The Morgan fingerprint density at radius 3 is 2.56 bits per heavy atom. The molecule has 2 fully saturated rings. The van der Waals surface area contributed by atoms with Gasteiger partial charge in [0.15, 0.2) is 0 Å². The van der Waals surface area contributed by atoms with Gasteiger partial charge in [0, 0.05) is 6.04 Å². The molecule has 0 bridgehead atoms. The van der Waals surface area contributed by atoms with E-state index in [-0.39, 0.29) is 21.8 Å². The zero-order valence-corrected chi connectivity index (χ0v) is 16.0. The van der Waals surface area contributed by atoms with E-state index in [2.05, 4.69) is 4.72 Å². The molecule has 0 unspecified atom stereocenters. The van der Waals surface area contributed by atoms with Crippen molar-refractivity contribution in [3.63, 3.8) is 0 Å². The summed E-state index contributed by atoms with van der Waals surface area (Å²) in [5.74, 6) is -0.0796. The number of thioether (sulfide) groups is 1. The Hall–Kier alpha value is -1.38. The second kappa shape index (κ2) is 7.09. The molecular weight excluding hydrogens is 360 g/mol. The quantitative estimate of drug-likeness (QED) is 0.865. The highest BCUT2D eigenvalue weighted by Gasteiger charge is 2.42. The highest BCUT2D eigenvalue weighted by molar-refractivity contribution is 8.14. The first-order chi connectivity index (χ1) is 11.8. The summed E-state index contributed by atoms with van der Waals surface area (Å²) >= 11 is 0.988. The lowest BCUT2D eigenvalue weighted by atomic mass is 9.90. The Kier molecular flexibility index (Phi) is 5.22. The molecule has 1 aliphatic carbocycles. The smallest absolute Gasteiger partial charge is 0.273 e. The van der Waals surface area contributed by atoms with E-state index in [1.54, 1.807) is 19.1 Å². The first-order valence-corrected chi connectivity index (χ1v) is 10.8. The number of benzene rings is 1. The number of carbonyl (C=O) groups is 2. The van der Waals surface area contributed by atoms with Gasteiger partial charge in [0.05, 0.1) is 16.7 Å². The second-order valence-corrected chi connectivity index (χ2v) is 9.28. The summed E-state index contributed by atoms with van der Waals surface area (Å²) in [6.45, 7) is 3.61. The van der Waals surface area contributed by atoms with E-state index in [1.165, 1.54) is 4.90 Å². The maximum absolute atomic E-state index is 12.9. The third kappa shape index (κ3) is 3.75. The molecule has 0 radical (unpaired) electrons. The van der Waals surface area contributed by atoms with Crippen LogP contribution < -0.4 is 4.72 Å². The van der Waals surface area contributed by atoms with Crippen LogP contribution in [0.2, 0.25) is 0 Å². The fourth-order valence-corrected chi connectivity index (χ4v) is 5.90. The van der Waals surface area contributed by atoms with Crippen LogP contribution in [0.25, 0.3) is 0 Å². The molecule has 1 saturated heterocycles. The van der Waals surface area contributed by atoms with Crippen molar-refractivity contribution in [2.24, 2.45) is 0 Å². The number of hydrogen-bond donors (Lipinski definition) is 1. The highest BCUT2D eigenvalue weighted by atomic mass is 32.2. The van der Waals surface area contributed by atoms with E-state index >= 15 is 0 Å². The van der Waals surface area contributed by atoms with Crippen LogP contribution in [0.5, 0.6) is 0 Å². The summed E-state index contributed by atoms with van der Waals surface area (Å²) in [6, 6.07) is 4.47. The zero-order chi connectivity index (χ0) is 18.2. The van der Waals surface area contributed by atoms with Crippen molar-refractivity contribution in [2.45, 2.75) is 56.5 Å². The van der Waals surface area contributed by atoms with Gasteiger partial charge in [-0.05, 0) is 43.9 Å². The van der Waals surface area contributed by atoms with Crippen LogP contribution in [0, 0.1) is 13.8 Å². The van der Waals surface area contributed by atoms with E-state index < -0.39 is 22.1 Å². The van der Waals surface area contributed by atoms with E-state index in [0.29, 0.717) is 18.4 Å². The topological polar surface area (TPSA) is 83.6 Å². The van der Waals surface area contributed by atoms with Gasteiger partial charge in [-0.15, -0.1) is 0 Å². The number of aryl methyl sites for hydroxylation is 2. The Labute approximate surface area is 152 Å². The van der Waals surface area contributed by atoms with Crippen molar-refractivity contribution < 1.29 is 18.0 Å². The molecule has 1 aromatic rings. The molecule has 2 aliphatic rings. The number of nitrogens with one attached hydrogen (secondary N) is 1. The number of amides is 2. The van der Waals surface area contributed by atoms with Crippen LogP contribution in [0.3, 0.4) is 0 Å². The predicted molar refractivity (Wildman–Crippen MR) is 97.0 cm³/mol. The average molecular weight is 383 g/mol. The second-order valence-electron chi connectivity index (χ2n) is 6.67. The van der Waals surface area contributed by atoms with Gasteiger partial charge < -0.3 is 0 Å². The molecule has 2 atom stereocenters. The van der Waals surface area contributed by atoms with Gasteiger partial charge in [-0.2, -0.15) is 0 Å². The van der Waals surface area contributed by atoms with Crippen molar-refractivity contribution in [3.05, 3.63) is 29.3 Å². The Bertz CT molecular complexity index is 791. The monoisotopic (exact) mass is 382 g/mol. The minimum absolute atomic E-state index is 0.145. The summed E-state index contributed by atoms with van der Waals surface area (Å²) in [5.41, 5.74) is 1.54. The fourth-order valence-electron chi connectivity index (χ4n) is 3.50. The summed E-state index contributed by atoms with van der Waals surface area (Å²) < 4.78 is 28.5. The number of nitrogens with zero attached hydrogens (tertiary/aromatic N) is 1. The molecular formula is C17H22N2O4S2. The van der Waals surface area contributed by atoms with Gasteiger partial charge in [0.25, 0.3) is 5.24 Å². The number of sulfonamides is 1. The van der Waals surface area contributed by atoms with Gasteiger partial charge >= 0.3 is 0 Å². The van der Waals surface area contributed by atoms with E-state index in [1.807, 2.05) is 13.0 Å². The van der Waals surface area contributed by atoms with Crippen molar-refractivity contribution >= 4 is 32.9 Å². The number of hydrogen-bond acceptors (Lipinski definition) is 5. The molecule has 0 aromatic heterocycles. The molecule has 0 spiro atoms. The molecule has 1 N–H and O–H groups in total. The van der Waals surface area contributed by atoms with Gasteiger partial charge in [-0.1, -0.05) is 36.7 Å². The SMILES string of the molecule is Cc1ccc(C)c(S(=O)(=O)N[C@@H]2CCCC[C@H]2N2C(=O)CSC2=O)c1. The third-order valence-corrected chi connectivity index (χ3v) is 7.25. The van der Waals surface area contributed by atoms with E-state index in [9.17, 15) is 18.0 Å². The van der Waals surface area contributed by atoms with Gasteiger partial charge in [0.2, 0.25) is 15.9 Å². The summed E-state index contributed by atoms with van der Waals surface area (Å²) in [5, 5.41) is -0.271. The van der Waals surface area contributed by atoms with Crippen LogP contribution in [-0.4, -0.2) is 42.3 Å². The lowest BCUT2D eigenvalue weighted by Crippen LogP contribution is -2.54. The molecule has 8 heteroatoms. The lowest BCUT2D eigenvalue weighted by molar-refractivity contribution is -0.127. The largest absolute Gasteiger partial charge is 0.289 e. The van der Waals surface area contributed by atoms with E-state index in [0.717, 1.165) is 30.2 Å². The molecule has 136 valence electrons. The molecule has 1 saturated carbocycles. The molecule has 1 aromatic carbocycles. The van der Waals surface area contributed by atoms with Gasteiger partial charge in [-0.25, -0.2) is 13.1 Å². The highest BCUT2D eigenvalue weighted by Crippen LogP contribution is 2.31. The summed E-state index contributed by atoms with van der Waals surface area (Å²) in [6.07, 6.45) is 3.02. The average Bonchev–Trinajstić information content (AvgIpc) is 2.89. The van der Waals surface area contributed by atoms with Crippen LogP contribution in [0.1, 0.15) is 36.8 Å². The Balaban J connectivity index is 1.87.